The topological polar surface area (TPSA) is 70.1 Å². The van der Waals surface area contributed by atoms with E-state index >= 15 is 0 Å². The lowest BCUT2D eigenvalue weighted by atomic mass is 10.1. The van der Waals surface area contributed by atoms with Crippen LogP contribution in [0.1, 0.15) is 27.7 Å². The van der Waals surface area contributed by atoms with Crippen LogP contribution in [0.2, 0.25) is 0 Å². The van der Waals surface area contributed by atoms with E-state index < -0.39 is 11.7 Å². The first-order valence-electron chi connectivity index (χ1n) is 6.10. The van der Waals surface area contributed by atoms with Gasteiger partial charge in [0.15, 0.2) is 0 Å². The van der Waals surface area contributed by atoms with Gasteiger partial charge in [0.05, 0.1) is 12.6 Å². The number of carbonyl (C=O) groups excluding carboxylic acids is 2. The normalized spacial score (nSPS) is 20.8. The van der Waals surface area contributed by atoms with Crippen molar-refractivity contribution in [2.75, 3.05) is 26.2 Å². The summed E-state index contributed by atoms with van der Waals surface area (Å²) in [5, 5.41) is 9.27. The van der Waals surface area contributed by atoms with Crippen molar-refractivity contribution in [3.05, 3.63) is 0 Å². The smallest absolute Gasteiger partial charge is 0.410 e. The molecule has 0 aliphatic carbocycles. The van der Waals surface area contributed by atoms with E-state index in [4.69, 9.17) is 4.74 Å². The zero-order valence-corrected chi connectivity index (χ0v) is 11.5. The van der Waals surface area contributed by atoms with Crippen molar-refractivity contribution >= 4 is 12.0 Å². The zero-order chi connectivity index (χ0) is 13.9. The Bertz CT molecular complexity index is 325. The highest BCUT2D eigenvalue weighted by molar-refractivity contribution is 5.74. The minimum Gasteiger partial charge on any atom is -0.444 e. The number of nitrogens with zero attached hydrogens (tertiary/aromatic N) is 2. The van der Waals surface area contributed by atoms with E-state index in [1.165, 1.54) is 11.8 Å². The number of aliphatic hydroxyl groups is 1. The van der Waals surface area contributed by atoms with Gasteiger partial charge in [0.2, 0.25) is 5.91 Å². The molecule has 1 N–H and O–H groups in total. The molecule has 0 spiro atoms. The molecule has 0 aromatic heterocycles. The number of carbonyl (C=O) groups is 2. The molecule has 0 radical (unpaired) electrons. The van der Waals surface area contributed by atoms with Gasteiger partial charge in [0.1, 0.15) is 5.60 Å². The van der Waals surface area contributed by atoms with Crippen molar-refractivity contribution in [2.24, 2.45) is 0 Å². The first-order chi connectivity index (χ1) is 8.24. The van der Waals surface area contributed by atoms with E-state index in [1.807, 2.05) is 0 Å². The van der Waals surface area contributed by atoms with Gasteiger partial charge in [-0.3, -0.25) is 4.79 Å². The summed E-state index contributed by atoms with van der Waals surface area (Å²) in [5.74, 6) is -0.0853. The second-order valence-electron chi connectivity index (χ2n) is 5.48. The monoisotopic (exact) mass is 258 g/mol. The molecule has 104 valence electrons. The fourth-order valence-corrected chi connectivity index (χ4v) is 1.92. The molecule has 6 heteroatoms. The predicted octanol–water partition coefficient (Wildman–Crippen LogP) is 0.447. The Morgan fingerprint density at radius 1 is 1.33 bits per heavy atom. The molecule has 1 fully saturated rings. The van der Waals surface area contributed by atoms with Crippen LogP contribution >= 0.6 is 0 Å². The van der Waals surface area contributed by atoms with Crippen LogP contribution in [0.3, 0.4) is 0 Å². The number of hydrogen-bond acceptors (Lipinski definition) is 4. The van der Waals surface area contributed by atoms with Crippen molar-refractivity contribution in [2.45, 2.75) is 39.3 Å². The predicted molar refractivity (Wildman–Crippen MR) is 66.1 cm³/mol. The van der Waals surface area contributed by atoms with Gasteiger partial charge in [-0.2, -0.15) is 0 Å². The van der Waals surface area contributed by atoms with Crippen LogP contribution in [0.4, 0.5) is 4.79 Å². The average Bonchev–Trinajstić information content (AvgIpc) is 2.25. The molecule has 0 bridgehead atoms. The summed E-state index contributed by atoms with van der Waals surface area (Å²) in [6.45, 7) is 7.90. The van der Waals surface area contributed by atoms with Crippen LogP contribution in [0.25, 0.3) is 0 Å². The third kappa shape index (κ3) is 3.87. The Labute approximate surface area is 107 Å². The van der Waals surface area contributed by atoms with Crippen LogP contribution in [0, 0.1) is 0 Å². The van der Waals surface area contributed by atoms with Gasteiger partial charge in [-0.15, -0.1) is 0 Å². The number of ether oxygens (including phenoxy) is 1. The molecule has 0 saturated carbocycles. The molecule has 6 nitrogen and oxygen atoms in total. The molecule has 1 aliphatic heterocycles. The summed E-state index contributed by atoms with van der Waals surface area (Å²) in [6.07, 6.45) is -0.399. The first kappa shape index (κ1) is 14.8. The Hall–Kier alpha value is -1.30. The Morgan fingerprint density at radius 3 is 2.39 bits per heavy atom. The third-order valence-electron chi connectivity index (χ3n) is 2.75. The average molecular weight is 258 g/mol. The van der Waals surface area contributed by atoms with Gasteiger partial charge in [0.25, 0.3) is 0 Å². The van der Waals surface area contributed by atoms with E-state index in [1.54, 1.807) is 25.7 Å². The van der Waals surface area contributed by atoms with Crippen molar-refractivity contribution < 1.29 is 19.4 Å². The lowest BCUT2D eigenvalue weighted by Crippen LogP contribution is -2.58. The summed E-state index contributed by atoms with van der Waals surface area (Å²) in [7, 11) is 0. The van der Waals surface area contributed by atoms with E-state index in [9.17, 15) is 14.7 Å². The van der Waals surface area contributed by atoms with Crippen LogP contribution in [-0.4, -0.2) is 64.8 Å². The van der Waals surface area contributed by atoms with Crippen molar-refractivity contribution in [3.63, 3.8) is 0 Å². The lowest BCUT2D eigenvalue weighted by Gasteiger charge is -2.40. The van der Waals surface area contributed by atoms with Crippen molar-refractivity contribution in [1.29, 1.82) is 0 Å². The molecule has 1 unspecified atom stereocenters. The Morgan fingerprint density at radius 2 is 1.94 bits per heavy atom. The van der Waals surface area contributed by atoms with Crippen LogP contribution in [-0.2, 0) is 9.53 Å². The quantitative estimate of drug-likeness (QED) is 0.741. The van der Waals surface area contributed by atoms with Crippen molar-refractivity contribution in [3.8, 4) is 0 Å². The maximum absolute atomic E-state index is 11.9. The summed E-state index contributed by atoms with van der Waals surface area (Å²) >= 11 is 0. The molecule has 18 heavy (non-hydrogen) atoms. The summed E-state index contributed by atoms with van der Waals surface area (Å²) in [6, 6.07) is -0.344. The maximum Gasteiger partial charge on any atom is 0.410 e. The number of piperazine rings is 1. The fraction of sp³-hybridized carbons (Fsp3) is 0.833. The van der Waals surface area contributed by atoms with E-state index in [-0.39, 0.29) is 18.6 Å². The molecule has 1 atom stereocenters. The SMILES string of the molecule is CC(=O)N1CCN(C(=O)OC(C)(C)C)CC1CO. The van der Waals surface area contributed by atoms with Gasteiger partial charge >= 0.3 is 6.09 Å². The largest absolute Gasteiger partial charge is 0.444 e. The number of hydrogen-bond donors (Lipinski definition) is 1. The van der Waals surface area contributed by atoms with Gasteiger partial charge in [-0.05, 0) is 20.8 Å². The number of amides is 2. The van der Waals surface area contributed by atoms with Gasteiger partial charge in [0, 0.05) is 26.6 Å². The van der Waals surface area contributed by atoms with Gasteiger partial charge in [-0.1, -0.05) is 0 Å². The molecule has 0 aromatic rings. The lowest BCUT2D eigenvalue weighted by molar-refractivity contribution is -0.134. The van der Waals surface area contributed by atoms with E-state index in [2.05, 4.69) is 0 Å². The van der Waals surface area contributed by atoms with Gasteiger partial charge < -0.3 is 19.6 Å². The summed E-state index contributed by atoms with van der Waals surface area (Å²) < 4.78 is 5.27. The molecule has 1 saturated heterocycles. The van der Waals surface area contributed by atoms with Crippen LogP contribution in [0.15, 0.2) is 0 Å². The van der Waals surface area contributed by atoms with Crippen LogP contribution in [0.5, 0.6) is 0 Å². The second-order valence-corrected chi connectivity index (χ2v) is 5.48. The summed E-state index contributed by atoms with van der Waals surface area (Å²) in [4.78, 5) is 26.3. The second kappa shape index (κ2) is 5.56. The van der Waals surface area contributed by atoms with Crippen LogP contribution < -0.4 is 0 Å². The molecule has 1 rings (SSSR count). The molecular formula is C12H22N2O4. The van der Waals surface area contributed by atoms with E-state index in [0.29, 0.717) is 19.6 Å². The first-order valence-corrected chi connectivity index (χ1v) is 6.10. The molecule has 1 aliphatic rings. The highest BCUT2D eigenvalue weighted by Gasteiger charge is 2.32. The number of rotatable bonds is 1. The fourth-order valence-electron chi connectivity index (χ4n) is 1.92. The number of aliphatic hydroxyl groups excluding tert-OH is 1. The minimum absolute atomic E-state index is 0.0853. The highest BCUT2D eigenvalue weighted by Crippen LogP contribution is 2.14. The molecule has 2 amide bonds. The standard InChI is InChI=1S/C12H22N2O4/c1-9(16)14-6-5-13(7-10(14)8-15)11(17)18-12(2,3)4/h10,15H,5-8H2,1-4H3. The van der Waals surface area contributed by atoms with E-state index in [0.717, 1.165) is 0 Å². The zero-order valence-electron chi connectivity index (χ0n) is 11.5. The summed E-state index contributed by atoms with van der Waals surface area (Å²) in [5.41, 5.74) is -0.538. The third-order valence-corrected chi connectivity index (χ3v) is 2.75. The van der Waals surface area contributed by atoms with Gasteiger partial charge in [-0.25, -0.2) is 4.79 Å². The molecule has 0 aromatic carbocycles. The Kier molecular flexibility index (Phi) is 4.56. The minimum atomic E-state index is -0.538. The Balaban J connectivity index is 2.62. The molecular weight excluding hydrogens is 236 g/mol. The molecule has 1 heterocycles. The maximum atomic E-state index is 11.9. The highest BCUT2D eigenvalue weighted by atomic mass is 16.6. The van der Waals surface area contributed by atoms with Crippen molar-refractivity contribution in [1.82, 2.24) is 9.80 Å².